The zero-order valence-corrected chi connectivity index (χ0v) is 22.5. The van der Waals surface area contributed by atoms with Crippen LogP contribution in [-0.2, 0) is 15.8 Å². The minimum Gasteiger partial charge on any atom is -0.353 e. The number of amides is 2. The van der Waals surface area contributed by atoms with E-state index in [0.29, 0.717) is 27.0 Å². The quantitative estimate of drug-likeness (QED) is 0.277. The predicted molar refractivity (Wildman–Crippen MR) is 150 cm³/mol. The summed E-state index contributed by atoms with van der Waals surface area (Å²) in [4.78, 5) is 26.1. The first kappa shape index (κ1) is 28.8. The molecule has 3 N–H and O–H groups in total. The van der Waals surface area contributed by atoms with E-state index in [1.54, 1.807) is 55.5 Å². The Balaban J connectivity index is 1.63. The third-order valence-electron chi connectivity index (χ3n) is 5.99. The summed E-state index contributed by atoms with van der Waals surface area (Å²) in [5, 5.41) is 19.0. The van der Waals surface area contributed by atoms with Gasteiger partial charge in [0.15, 0.2) is 0 Å². The lowest BCUT2D eigenvalue weighted by atomic mass is 9.82. The number of anilines is 2. The van der Waals surface area contributed by atoms with Crippen molar-refractivity contribution in [3.8, 4) is 6.07 Å². The van der Waals surface area contributed by atoms with Crippen molar-refractivity contribution in [2.24, 2.45) is 0 Å². The molecule has 204 valence electrons. The molecule has 0 bridgehead atoms. The van der Waals surface area contributed by atoms with E-state index in [2.05, 4.69) is 22.0 Å². The number of alkyl halides is 3. The fraction of sp³-hybridized carbons (Fsp3) is 0.138. The molecule has 0 saturated heterocycles. The Morgan fingerprint density at radius 3 is 2.33 bits per heavy atom. The number of hydrogen-bond donors (Lipinski definition) is 3. The number of para-hydroxylation sites is 2. The van der Waals surface area contributed by atoms with Crippen LogP contribution in [0.15, 0.2) is 101 Å². The molecule has 0 aromatic heterocycles. The van der Waals surface area contributed by atoms with E-state index >= 15 is 0 Å². The van der Waals surface area contributed by atoms with Crippen LogP contribution in [0.25, 0.3) is 0 Å². The van der Waals surface area contributed by atoms with Crippen LogP contribution in [0.4, 0.5) is 24.5 Å². The van der Waals surface area contributed by atoms with Crippen LogP contribution in [0.1, 0.15) is 24.0 Å². The Bertz CT molecular complexity index is 1550. The number of nitrogens with one attached hydrogen (secondary N) is 3. The average Bonchev–Trinajstić information content (AvgIpc) is 2.92. The first-order valence-electron chi connectivity index (χ1n) is 11.9. The molecule has 2 amide bonds. The summed E-state index contributed by atoms with van der Waals surface area (Å²) in [6, 6.07) is 22.5. The maximum atomic E-state index is 13.5. The maximum Gasteiger partial charge on any atom is 0.418 e. The minimum atomic E-state index is -4.64. The Hall–Kier alpha value is -4.20. The molecule has 3 aromatic carbocycles. The number of nitriles is 1. The number of carbonyl (C=O) groups is 2. The summed E-state index contributed by atoms with van der Waals surface area (Å²) in [5.41, 5.74) is 0.587. The van der Waals surface area contributed by atoms with Gasteiger partial charge in [-0.25, -0.2) is 0 Å². The highest BCUT2D eigenvalue weighted by Gasteiger charge is 2.36. The number of dihydropyridines is 1. The van der Waals surface area contributed by atoms with Gasteiger partial charge < -0.3 is 16.0 Å². The summed E-state index contributed by atoms with van der Waals surface area (Å²) in [6.45, 7) is 1.66. The van der Waals surface area contributed by atoms with Gasteiger partial charge in [-0.15, -0.1) is 0 Å². The highest BCUT2D eigenvalue weighted by molar-refractivity contribution is 8.03. The number of thioether (sulfide) groups is 1. The van der Waals surface area contributed by atoms with Crippen LogP contribution in [0.5, 0.6) is 0 Å². The summed E-state index contributed by atoms with van der Waals surface area (Å²) in [7, 11) is 0. The fourth-order valence-electron chi connectivity index (χ4n) is 4.23. The van der Waals surface area contributed by atoms with Gasteiger partial charge in [0.1, 0.15) is 0 Å². The van der Waals surface area contributed by atoms with Crippen LogP contribution in [0.2, 0.25) is 5.02 Å². The summed E-state index contributed by atoms with van der Waals surface area (Å²) in [5.74, 6) is -2.30. The van der Waals surface area contributed by atoms with E-state index in [9.17, 15) is 28.0 Å². The van der Waals surface area contributed by atoms with Crippen molar-refractivity contribution in [1.29, 1.82) is 5.26 Å². The van der Waals surface area contributed by atoms with Crippen LogP contribution >= 0.6 is 23.4 Å². The molecule has 0 radical (unpaired) electrons. The Labute approximate surface area is 237 Å². The molecular weight excluding hydrogens is 561 g/mol. The molecule has 0 saturated carbocycles. The van der Waals surface area contributed by atoms with Crippen molar-refractivity contribution < 1.29 is 22.8 Å². The van der Waals surface area contributed by atoms with Crippen LogP contribution in [0, 0.1) is 11.3 Å². The van der Waals surface area contributed by atoms with Crippen molar-refractivity contribution in [3.05, 3.63) is 117 Å². The molecule has 0 fully saturated rings. The molecule has 1 aliphatic heterocycles. The van der Waals surface area contributed by atoms with Gasteiger partial charge in [0.05, 0.1) is 39.6 Å². The molecule has 0 spiro atoms. The molecule has 1 heterocycles. The zero-order valence-electron chi connectivity index (χ0n) is 21.0. The molecule has 11 heteroatoms. The van der Waals surface area contributed by atoms with E-state index in [1.165, 1.54) is 18.2 Å². The monoisotopic (exact) mass is 582 g/mol. The van der Waals surface area contributed by atoms with E-state index in [1.807, 2.05) is 6.07 Å². The van der Waals surface area contributed by atoms with Crippen molar-refractivity contribution in [2.75, 3.05) is 16.4 Å². The Kier molecular flexibility index (Phi) is 8.87. The first-order valence-corrected chi connectivity index (χ1v) is 13.3. The number of allylic oxidation sites excluding steroid dienone is 2. The van der Waals surface area contributed by atoms with Gasteiger partial charge >= 0.3 is 6.18 Å². The van der Waals surface area contributed by atoms with Gasteiger partial charge in [0, 0.05) is 22.0 Å². The number of benzene rings is 3. The zero-order chi connectivity index (χ0) is 28.9. The second-order valence-corrected chi connectivity index (χ2v) is 10.1. The molecule has 0 aliphatic carbocycles. The van der Waals surface area contributed by atoms with Gasteiger partial charge in [-0.3, -0.25) is 9.59 Å². The Morgan fingerprint density at radius 1 is 1.00 bits per heavy atom. The standard InChI is InChI=1S/C29H22ClF3N4O2S/c1-17-25(27(39)36-18-9-3-2-4-10-18)26(19-11-5-7-13-22(19)30)20(15-34)28(35-17)40-16-24(38)37-23-14-8-6-12-21(23)29(31,32)33/h2-14,26,35H,16H2,1H3,(H,36,39)(H,37,38). The number of rotatable bonds is 7. The normalized spacial score (nSPS) is 15.2. The van der Waals surface area contributed by atoms with Crippen molar-refractivity contribution in [3.63, 3.8) is 0 Å². The fourth-order valence-corrected chi connectivity index (χ4v) is 5.37. The van der Waals surface area contributed by atoms with Gasteiger partial charge in [-0.2, -0.15) is 18.4 Å². The summed E-state index contributed by atoms with van der Waals surface area (Å²) < 4.78 is 40.0. The minimum absolute atomic E-state index is 0.144. The lowest BCUT2D eigenvalue weighted by molar-refractivity contribution is -0.137. The second-order valence-electron chi connectivity index (χ2n) is 8.67. The SMILES string of the molecule is CC1=C(C(=O)Nc2ccccc2)C(c2ccccc2Cl)C(C#N)=C(SCC(=O)Nc2ccccc2C(F)(F)F)N1. The van der Waals surface area contributed by atoms with Crippen LogP contribution < -0.4 is 16.0 Å². The van der Waals surface area contributed by atoms with Crippen LogP contribution in [0.3, 0.4) is 0 Å². The molecule has 4 rings (SSSR count). The topological polar surface area (TPSA) is 94.0 Å². The molecule has 1 aliphatic rings. The molecule has 6 nitrogen and oxygen atoms in total. The largest absolute Gasteiger partial charge is 0.418 e. The van der Waals surface area contributed by atoms with Crippen molar-refractivity contribution in [2.45, 2.75) is 19.0 Å². The number of carbonyl (C=O) groups excluding carboxylic acids is 2. The van der Waals surface area contributed by atoms with Crippen molar-refractivity contribution in [1.82, 2.24) is 5.32 Å². The van der Waals surface area contributed by atoms with Gasteiger partial charge in [-0.1, -0.05) is 71.9 Å². The molecular formula is C29H22ClF3N4O2S. The maximum absolute atomic E-state index is 13.5. The molecule has 40 heavy (non-hydrogen) atoms. The third-order valence-corrected chi connectivity index (χ3v) is 7.36. The van der Waals surface area contributed by atoms with E-state index in [-0.39, 0.29) is 22.6 Å². The molecule has 1 unspecified atom stereocenters. The number of nitrogens with zero attached hydrogens (tertiary/aromatic N) is 1. The highest BCUT2D eigenvalue weighted by atomic mass is 35.5. The Morgan fingerprint density at radius 2 is 1.65 bits per heavy atom. The van der Waals surface area contributed by atoms with Crippen LogP contribution in [-0.4, -0.2) is 17.6 Å². The predicted octanol–water partition coefficient (Wildman–Crippen LogP) is 7.07. The molecule has 3 aromatic rings. The first-order chi connectivity index (χ1) is 19.1. The van der Waals surface area contributed by atoms with Gasteiger partial charge in [0.25, 0.3) is 5.91 Å². The lowest BCUT2D eigenvalue weighted by Gasteiger charge is -2.30. The summed E-state index contributed by atoms with van der Waals surface area (Å²) in [6.07, 6.45) is -4.64. The smallest absolute Gasteiger partial charge is 0.353 e. The third kappa shape index (κ3) is 6.50. The van der Waals surface area contributed by atoms with E-state index < -0.39 is 29.5 Å². The van der Waals surface area contributed by atoms with E-state index in [0.717, 1.165) is 17.8 Å². The lowest BCUT2D eigenvalue weighted by Crippen LogP contribution is -2.31. The summed E-state index contributed by atoms with van der Waals surface area (Å²) >= 11 is 7.45. The van der Waals surface area contributed by atoms with E-state index in [4.69, 9.17) is 11.6 Å². The van der Waals surface area contributed by atoms with Gasteiger partial charge in [-0.05, 0) is 42.8 Å². The molecule has 1 atom stereocenters. The van der Waals surface area contributed by atoms with Crippen molar-refractivity contribution >= 4 is 46.6 Å². The number of halogens is 4. The number of hydrogen-bond acceptors (Lipinski definition) is 5. The second kappa shape index (κ2) is 12.3. The van der Waals surface area contributed by atoms with Gasteiger partial charge in [0.2, 0.25) is 5.91 Å². The highest BCUT2D eigenvalue weighted by Crippen LogP contribution is 2.43. The average molecular weight is 583 g/mol.